The zero-order valence-electron chi connectivity index (χ0n) is 13.8. The second-order valence-corrected chi connectivity index (χ2v) is 5.69. The quantitative estimate of drug-likeness (QED) is 0.878. The lowest BCUT2D eigenvalue weighted by atomic mass is 10.0. The molecule has 2 atom stereocenters. The van der Waals surface area contributed by atoms with E-state index in [0.717, 1.165) is 30.6 Å². The van der Waals surface area contributed by atoms with Gasteiger partial charge in [-0.05, 0) is 49.9 Å². The number of carbonyl (C=O) groups excluding carboxylic acids is 1. The SMILES string of the molecule is COc1cc(C)c([C@H](C)NC(=O)C[C@H]2CCCO2)cc1OC. The maximum atomic E-state index is 12.1. The van der Waals surface area contributed by atoms with Gasteiger partial charge in [-0.2, -0.15) is 0 Å². The summed E-state index contributed by atoms with van der Waals surface area (Å²) in [6.45, 7) is 4.74. The Morgan fingerprint density at radius 1 is 1.36 bits per heavy atom. The van der Waals surface area contributed by atoms with E-state index in [1.54, 1.807) is 14.2 Å². The van der Waals surface area contributed by atoms with E-state index in [1.165, 1.54) is 0 Å². The summed E-state index contributed by atoms with van der Waals surface area (Å²) in [5.41, 5.74) is 2.08. The largest absolute Gasteiger partial charge is 0.493 e. The molecule has 1 aliphatic heterocycles. The van der Waals surface area contributed by atoms with Crippen LogP contribution in [0.25, 0.3) is 0 Å². The number of hydrogen-bond acceptors (Lipinski definition) is 4. The minimum atomic E-state index is -0.0892. The molecule has 1 fully saturated rings. The molecule has 1 amide bonds. The van der Waals surface area contributed by atoms with E-state index >= 15 is 0 Å². The number of methoxy groups -OCH3 is 2. The van der Waals surface area contributed by atoms with E-state index in [-0.39, 0.29) is 18.1 Å². The summed E-state index contributed by atoms with van der Waals surface area (Å²) in [5, 5.41) is 3.04. The third-order valence-corrected chi connectivity index (χ3v) is 4.05. The molecule has 0 radical (unpaired) electrons. The first-order valence-corrected chi connectivity index (χ1v) is 7.68. The van der Waals surface area contributed by atoms with Gasteiger partial charge >= 0.3 is 0 Å². The Balaban J connectivity index is 2.04. The zero-order valence-corrected chi connectivity index (χ0v) is 13.8. The van der Waals surface area contributed by atoms with Crippen molar-refractivity contribution in [2.24, 2.45) is 0 Å². The molecule has 122 valence electrons. The molecule has 1 aliphatic rings. The van der Waals surface area contributed by atoms with Crippen LogP contribution < -0.4 is 14.8 Å². The standard InChI is InChI=1S/C17H25NO4/c1-11-8-15(20-3)16(21-4)10-14(11)12(2)18-17(19)9-13-6-5-7-22-13/h8,10,12-13H,5-7,9H2,1-4H3,(H,18,19)/t12-,13+/m0/s1. The van der Waals surface area contributed by atoms with Crippen LogP contribution in [0.4, 0.5) is 0 Å². The minimum Gasteiger partial charge on any atom is -0.493 e. The van der Waals surface area contributed by atoms with E-state index in [9.17, 15) is 4.79 Å². The Hall–Kier alpha value is -1.75. The smallest absolute Gasteiger partial charge is 0.223 e. The van der Waals surface area contributed by atoms with Crippen LogP contribution in [-0.4, -0.2) is 32.8 Å². The van der Waals surface area contributed by atoms with Gasteiger partial charge in [0.1, 0.15) is 0 Å². The van der Waals surface area contributed by atoms with Gasteiger partial charge in [-0.15, -0.1) is 0 Å². The summed E-state index contributed by atoms with van der Waals surface area (Å²) in [7, 11) is 3.22. The Kier molecular flexibility index (Phi) is 5.66. The molecule has 5 heteroatoms. The maximum absolute atomic E-state index is 12.1. The lowest BCUT2D eigenvalue weighted by Crippen LogP contribution is -2.30. The van der Waals surface area contributed by atoms with Gasteiger partial charge in [-0.3, -0.25) is 4.79 Å². The highest BCUT2D eigenvalue weighted by molar-refractivity contribution is 5.77. The monoisotopic (exact) mass is 307 g/mol. The second kappa shape index (κ2) is 7.49. The first-order valence-electron chi connectivity index (χ1n) is 7.68. The van der Waals surface area contributed by atoms with Gasteiger partial charge in [0.25, 0.3) is 0 Å². The van der Waals surface area contributed by atoms with Gasteiger partial charge in [0.05, 0.1) is 32.8 Å². The van der Waals surface area contributed by atoms with Crippen molar-refractivity contribution in [3.8, 4) is 11.5 Å². The van der Waals surface area contributed by atoms with Crippen LogP contribution in [-0.2, 0) is 9.53 Å². The van der Waals surface area contributed by atoms with Gasteiger partial charge in [0, 0.05) is 6.61 Å². The van der Waals surface area contributed by atoms with E-state index < -0.39 is 0 Å². The average Bonchev–Trinajstić information content (AvgIpc) is 2.99. The molecule has 0 bridgehead atoms. The summed E-state index contributed by atoms with van der Waals surface area (Å²) in [5.74, 6) is 1.39. The van der Waals surface area contributed by atoms with Gasteiger partial charge < -0.3 is 19.5 Å². The number of rotatable bonds is 6. The molecule has 1 N–H and O–H groups in total. The molecule has 22 heavy (non-hydrogen) atoms. The predicted octanol–water partition coefficient (Wildman–Crippen LogP) is 2.76. The summed E-state index contributed by atoms with van der Waals surface area (Å²) in [6, 6.07) is 3.76. The number of amides is 1. The summed E-state index contributed by atoms with van der Waals surface area (Å²) < 4.78 is 16.1. The molecule has 0 unspecified atom stereocenters. The number of aryl methyl sites for hydroxylation is 1. The molecule has 1 aromatic rings. The molecule has 2 rings (SSSR count). The fourth-order valence-electron chi connectivity index (χ4n) is 2.85. The van der Waals surface area contributed by atoms with Crippen LogP contribution in [0.3, 0.4) is 0 Å². The predicted molar refractivity (Wildman–Crippen MR) is 84.4 cm³/mol. The highest BCUT2D eigenvalue weighted by atomic mass is 16.5. The van der Waals surface area contributed by atoms with Gasteiger partial charge in [0.2, 0.25) is 5.91 Å². The first-order chi connectivity index (χ1) is 10.5. The van der Waals surface area contributed by atoms with E-state index in [2.05, 4.69) is 5.32 Å². The van der Waals surface area contributed by atoms with Crippen LogP contribution in [0, 0.1) is 6.92 Å². The fourth-order valence-corrected chi connectivity index (χ4v) is 2.85. The van der Waals surface area contributed by atoms with E-state index in [4.69, 9.17) is 14.2 Å². The Bertz CT molecular complexity index is 524. The fraction of sp³-hybridized carbons (Fsp3) is 0.588. The molecule has 1 saturated heterocycles. The van der Waals surface area contributed by atoms with Crippen LogP contribution in [0.5, 0.6) is 11.5 Å². The number of hydrogen-bond donors (Lipinski definition) is 1. The minimum absolute atomic E-state index is 0.0218. The van der Waals surface area contributed by atoms with E-state index in [0.29, 0.717) is 17.9 Å². The number of carbonyl (C=O) groups is 1. The summed E-state index contributed by atoms with van der Waals surface area (Å²) in [6.07, 6.45) is 2.51. The van der Waals surface area contributed by atoms with Crippen LogP contribution >= 0.6 is 0 Å². The van der Waals surface area contributed by atoms with Crippen molar-refractivity contribution >= 4 is 5.91 Å². The molecule has 0 aromatic heterocycles. The van der Waals surface area contributed by atoms with Crippen molar-refractivity contribution < 1.29 is 19.0 Å². The summed E-state index contributed by atoms with van der Waals surface area (Å²) >= 11 is 0. The highest BCUT2D eigenvalue weighted by Crippen LogP contribution is 2.32. The van der Waals surface area contributed by atoms with Crippen molar-refractivity contribution in [3.05, 3.63) is 23.3 Å². The molecule has 0 aliphatic carbocycles. The van der Waals surface area contributed by atoms with Crippen molar-refractivity contribution in [1.82, 2.24) is 5.32 Å². The van der Waals surface area contributed by atoms with Gasteiger partial charge in [0.15, 0.2) is 11.5 Å². The molecule has 0 saturated carbocycles. The average molecular weight is 307 g/mol. The molecule has 1 aromatic carbocycles. The van der Waals surface area contributed by atoms with Crippen LogP contribution in [0.15, 0.2) is 12.1 Å². The number of nitrogens with one attached hydrogen (secondary N) is 1. The normalized spacial score (nSPS) is 18.8. The molecular weight excluding hydrogens is 282 g/mol. The van der Waals surface area contributed by atoms with Crippen molar-refractivity contribution in [3.63, 3.8) is 0 Å². The highest BCUT2D eigenvalue weighted by Gasteiger charge is 2.21. The van der Waals surface area contributed by atoms with Crippen molar-refractivity contribution in [2.75, 3.05) is 20.8 Å². The maximum Gasteiger partial charge on any atom is 0.223 e. The molecule has 5 nitrogen and oxygen atoms in total. The lowest BCUT2D eigenvalue weighted by molar-refractivity contribution is -0.123. The topological polar surface area (TPSA) is 56.8 Å². The summed E-state index contributed by atoms with van der Waals surface area (Å²) in [4.78, 5) is 12.1. The molecule has 1 heterocycles. The van der Waals surface area contributed by atoms with Crippen LogP contribution in [0.2, 0.25) is 0 Å². The number of ether oxygens (including phenoxy) is 3. The Morgan fingerprint density at radius 2 is 2.05 bits per heavy atom. The third-order valence-electron chi connectivity index (χ3n) is 4.05. The second-order valence-electron chi connectivity index (χ2n) is 5.69. The van der Waals surface area contributed by atoms with Crippen molar-refractivity contribution in [2.45, 2.75) is 45.3 Å². The number of benzene rings is 1. The van der Waals surface area contributed by atoms with E-state index in [1.807, 2.05) is 26.0 Å². The Labute approximate surface area is 131 Å². The van der Waals surface area contributed by atoms with Crippen LogP contribution in [0.1, 0.15) is 43.4 Å². The van der Waals surface area contributed by atoms with Gasteiger partial charge in [-0.25, -0.2) is 0 Å². The first kappa shape index (κ1) is 16.6. The molecular formula is C17H25NO4. The Morgan fingerprint density at radius 3 is 2.64 bits per heavy atom. The van der Waals surface area contributed by atoms with Crippen molar-refractivity contribution in [1.29, 1.82) is 0 Å². The third kappa shape index (κ3) is 3.91. The van der Waals surface area contributed by atoms with Gasteiger partial charge in [-0.1, -0.05) is 0 Å². The zero-order chi connectivity index (χ0) is 16.1. The lowest BCUT2D eigenvalue weighted by Gasteiger charge is -2.20. The molecule has 0 spiro atoms.